The molecule has 1 heterocycles. The van der Waals surface area contributed by atoms with E-state index in [2.05, 4.69) is 88.1 Å². The van der Waals surface area contributed by atoms with Gasteiger partial charge in [-0.15, -0.1) is 0 Å². The molecule has 1 aliphatic rings. The number of likely N-dealkylation sites (tertiary alicyclic amines) is 1. The zero-order valence-corrected chi connectivity index (χ0v) is 26.0. The summed E-state index contributed by atoms with van der Waals surface area (Å²) in [6.45, 7) is 23.5. The number of rotatable bonds is 8. The molecular weight excluding hydrogens is 478 g/mol. The summed E-state index contributed by atoms with van der Waals surface area (Å²) in [4.78, 5) is 27.2. The number of carbonyl (C=O) groups is 2. The minimum atomic E-state index is -1.19. The maximum Gasteiger partial charge on any atom is 0.318 e. The van der Waals surface area contributed by atoms with E-state index in [1.165, 1.54) is 0 Å². The average Bonchev–Trinajstić information content (AvgIpc) is 2.72. The van der Waals surface area contributed by atoms with Gasteiger partial charge in [0.15, 0.2) is 0 Å². The highest BCUT2D eigenvalue weighted by Crippen LogP contribution is 2.53. The van der Waals surface area contributed by atoms with Gasteiger partial charge in [0.05, 0.1) is 0 Å². The Bertz CT molecular complexity index is 974. The second kappa shape index (κ2) is 10.8. The zero-order chi connectivity index (χ0) is 29.5. The van der Waals surface area contributed by atoms with E-state index >= 15 is 0 Å². The summed E-state index contributed by atoms with van der Waals surface area (Å²) in [7, 11) is 2.15. The maximum atomic E-state index is 13.2. The van der Waals surface area contributed by atoms with Crippen LogP contribution >= 0.6 is 0 Å². The molecule has 0 aliphatic carbocycles. The molecule has 1 aromatic carbocycles. The van der Waals surface area contributed by atoms with Gasteiger partial charge in [0.2, 0.25) is 0 Å². The minimum Gasteiger partial charge on any atom is -0.507 e. The number of carboxylic acid groups (broad SMARTS) is 1. The Morgan fingerprint density at radius 3 is 1.79 bits per heavy atom. The summed E-state index contributed by atoms with van der Waals surface area (Å²) in [6.07, 6.45) is 3.22. The number of aromatic hydroxyl groups is 1. The number of esters is 1. The van der Waals surface area contributed by atoms with Gasteiger partial charge in [-0.2, -0.15) is 0 Å². The van der Waals surface area contributed by atoms with Crippen molar-refractivity contribution in [2.45, 2.75) is 142 Å². The van der Waals surface area contributed by atoms with E-state index < -0.39 is 24.0 Å². The number of unbranched alkanes of at least 4 members (excludes halogenated alkanes) is 1. The van der Waals surface area contributed by atoms with Gasteiger partial charge >= 0.3 is 11.9 Å². The van der Waals surface area contributed by atoms with E-state index in [1.807, 2.05) is 12.1 Å². The summed E-state index contributed by atoms with van der Waals surface area (Å²) in [5, 5.41) is 20.9. The fraction of sp³-hybridized carbons (Fsp3) is 0.750. The van der Waals surface area contributed by atoms with Crippen molar-refractivity contribution in [2.24, 2.45) is 5.92 Å². The van der Waals surface area contributed by atoms with Crippen molar-refractivity contribution < 1.29 is 24.5 Å². The Hall–Kier alpha value is -2.08. The first-order valence-electron chi connectivity index (χ1n) is 14.1. The van der Waals surface area contributed by atoms with Crippen LogP contribution in [0.25, 0.3) is 0 Å². The Balaban J connectivity index is 2.98. The molecule has 1 fully saturated rings. The molecule has 1 unspecified atom stereocenters. The summed E-state index contributed by atoms with van der Waals surface area (Å²) < 4.78 is 6.45. The quantitative estimate of drug-likeness (QED) is 0.271. The smallest absolute Gasteiger partial charge is 0.318 e. The maximum absolute atomic E-state index is 13.2. The average molecular weight is 532 g/mol. The minimum absolute atomic E-state index is 0.0434. The van der Waals surface area contributed by atoms with Crippen molar-refractivity contribution in [3.63, 3.8) is 0 Å². The van der Waals surface area contributed by atoms with Crippen LogP contribution in [0.1, 0.15) is 131 Å². The predicted octanol–water partition coefficient (Wildman–Crippen LogP) is 7.29. The number of phenolic OH excluding ortho intramolecular Hbond substituents is 1. The topological polar surface area (TPSA) is 87.1 Å². The number of hydrogen-bond donors (Lipinski definition) is 2. The molecule has 0 spiro atoms. The molecule has 216 valence electrons. The monoisotopic (exact) mass is 531 g/mol. The molecule has 0 saturated carbocycles. The molecular formula is C32H53NO5. The first-order valence-corrected chi connectivity index (χ1v) is 14.1. The largest absolute Gasteiger partial charge is 0.507 e. The molecule has 6 nitrogen and oxygen atoms in total. The van der Waals surface area contributed by atoms with Crippen LogP contribution < -0.4 is 0 Å². The van der Waals surface area contributed by atoms with Gasteiger partial charge in [0, 0.05) is 17.0 Å². The number of piperidine rings is 1. The number of carboxylic acids is 1. The molecule has 1 saturated heterocycles. The Morgan fingerprint density at radius 2 is 1.42 bits per heavy atom. The van der Waals surface area contributed by atoms with E-state index in [0.717, 1.165) is 42.4 Å². The van der Waals surface area contributed by atoms with Crippen molar-refractivity contribution in [2.75, 3.05) is 7.05 Å². The van der Waals surface area contributed by atoms with Crippen molar-refractivity contribution in [3.8, 4) is 5.75 Å². The highest BCUT2D eigenvalue weighted by Gasteiger charge is 2.53. The van der Waals surface area contributed by atoms with Crippen LogP contribution in [0.3, 0.4) is 0 Å². The second-order valence-electron chi connectivity index (χ2n) is 14.7. The lowest BCUT2D eigenvalue weighted by molar-refractivity contribution is -0.183. The molecule has 1 atom stereocenters. The van der Waals surface area contributed by atoms with Gasteiger partial charge in [0.25, 0.3) is 0 Å². The lowest BCUT2D eigenvalue weighted by Crippen LogP contribution is -2.61. The number of carbonyl (C=O) groups excluding carboxylic acids is 1. The van der Waals surface area contributed by atoms with Gasteiger partial charge in [-0.05, 0) is 100 Å². The number of nitrogens with zero attached hydrogens (tertiary/aromatic N) is 1. The first-order chi connectivity index (χ1) is 17.1. The Kier molecular flexibility index (Phi) is 9.15. The predicted molar refractivity (Wildman–Crippen MR) is 154 cm³/mol. The normalized spacial score (nSPS) is 20.1. The van der Waals surface area contributed by atoms with Crippen LogP contribution in [-0.4, -0.2) is 45.2 Å². The molecule has 1 aliphatic heterocycles. The fourth-order valence-electron chi connectivity index (χ4n) is 6.30. The Morgan fingerprint density at radius 1 is 0.974 bits per heavy atom. The first kappa shape index (κ1) is 32.1. The molecule has 0 amide bonds. The van der Waals surface area contributed by atoms with E-state index in [0.29, 0.717) is 6.42 Å². The third kappa shape index (κ3) is 6.73. The van der Waals surface area contributed by atoms with Crippen molar-refractivity contribution in [1.29, 1.82) is 0 Å². The summed E-state index contributed by atoms with van der Waals surface area (Å²) in [5.74, 6) is -1.68. The molecule has 0 bridgehead atoms. The highest BCUT2D eigenvalue weighted by atomic mass is 16.6. The van der Waals surface area contributed by atoms with Gasteiger partial charge in [-0.3, -0.25) is 14.5 Å². The SMILES string of the molecule is CCCCC(OC(=O)CC(=O)O)(c1cc(C(C)(C)C)c(O)c(C(C)(C)C)c1)C1CC(C)(C)N(C)C(C)(C)C1. The van der Waals surface area contributed by atoms with Gasteiger partial charge in [0.1, 0.15) is 17.8 Å². The van der Waals surface area contributed by atoms with Crippen LogP contribution in [0.15, 0.2) is 12.1 Å². The number of hydrogen-bond acceptors (Lipinski definition) is 5. The van der Waals surface area contributed by atoms with Crippen molar-refractivity contribution in [1.82, 2.24) is 4.90 Å². The molecule has 0 aromatic heterocycles. The van der Waals surface area contributed by atoms with Crippen LogP contribution in [0.2, 0.25) is 0 Å². The van der Waals surface area contributed by atoms with E-state index in [-0.39, 0.29) is 33.6 Å². The van der Waals surface area contributed by atoms with Crippen LogP contribution in [0, 0.1) is 5.92 Å². The third-order valence-corrected chi connectivity index (χ3v) is 8.68. The number of aliphatic carboxylic acids is 1. The van der Waals surface area contributed by atoms with Crippen LogP contribution in [0.5, 0.6) is 5.75 Å². The fourth-order valence-corrected chi connectivity index (χ4v) is 6.30. The van der Waals surface area contributed by atoms with E-state index in [9.17, 15) is 19.8 Å². The number of benzene rings is 1. The van der Waals surface area contributed by atoms with Gasteiger partial charge in [-0.25, -0.2) is 0 Å². The van der Waals surface area contributed by atoms with Crippen molar-refractivity contribution >= 4 is 11.9 Å². The number of ether oxygens (including phenoxy) is 1. The van der Waals surface area contributed by atoms with E-state index in [4.69, 9.17) is 4.74 Å². The molecule has 38 heavy (non-hydrogen) atoms. The second-order valence-corrected chi connectivity index (χ2v) is 14.7. The van der Waals surface area contributed by atoms with Crippen LogP contribution in [-0.2, 0) is 30.8 Å². The lowest BCUT2D eigenvalue weighted by atomic mass is 9.63. The Labute approximate surface area is 231 Å². The molecule has 2 rings (SSSR count). The standard InChI is InChI=1S/C32H53NO5/c1-13-14-15-32(38-26(36)18-25(34)35,22-19-30(8,9)33(12)31(10,11)20-22)21-16-23(28(2,3)4)27(37)24(17-21)29(5,6)7/h16-17,22,37H,13-15,18-20H2,1-12H3,(H,34,35). The number of phenols is 1. The van der Waals surface area contributed by atoms with Gasteiger partial charge < -0.3 is 14.9 Å². The lowest BCUT2D eigenvalue weighted by Gasteiger charge is -2.57. The summed E-state index contributed by atoms with van der Waals surface area (Å²) >= 11 is 0. The summed E-state index contributed by atoms with van der Waals surface area (Å²) in [6, 6.07) is 4.04. The molecule has 0 radical (unpaired) electrons. The van der Waals surface area contributed by atoms with Gasteiger partial charge in [-0.1, -0.05) is 54.9 Å². The van der Waals surface area contributed by atoms with Crippen molar-refractivity contribution in [3.05, 3.63) is 28.8 Å². The van der Waals surface area contributed by atoms with Crippen LogP contribution in [0.4, 0.5) is 0 Å². The molecule has 1 aromatic rings. The van der Waals surface area contributed by atoms with E-state index in [1.54, 1.807) is 0 Å². The zero-order valence-electron chi connectivity index (χ0n) is 26.0. The highest BCUT2D eigenvalue weighted by molar-refractivity contribution is 5.90. The summed E-state index contributed by atoms with van der Waals surface area (Å²) in [5.41, 5.74) is 0.410. The third-order valence-electron chi connectivity index (χ3n) is 8.68. The molecule has 6 heteroatoms. The molecule has 2 N–H and O–H groups in total.